The second-order valence-corrected chi connectivity index (χ2v) is 11.9. The highest BCUT2D eigenvalue weighted by Crippen LogP contribution is 2.50. The lowest BCUT2D eigenvalue weighted by Crippen LogP contribution is -2.52. The summed E-state index contributed by atoms with van der Waals surface area (Å²) >= 11 is 0. The van der Waals surface area contributed by atoms with Crippen LogP contribution in [-0.2, 0) is 46.0 Å². The van der Waals surface area contributed by atoms with Gasteiger partial charge < -0.3 is 29.7 Å². The van der Waals surface area contributed by atoms with Gasteiger partial charge in [0.05, 0.1) is 13.7 Å². The largest absolute Gasteiger partial charge is 0.527 e. The van der Waals surface area contributed by atoms with Gasteiger partial charge >= 0.3 is 25.9 Å². The van der Waals surface area contributed by atoms with Gasteiger partial charge in [0.25, 0.3) is 0 Å². The molecule has 0 aromatic heterocycles. The number of alkyl carbamates (subject to hydrolysis) is 1. The van der Waals surface area contributed by atoms with Crippen molar-refractivity contribution in [1.82, 2.24) is 10.6 Å². The number of fused-ring (bicyclic) bond motifs is 4. The number of aliphatic carboxylic acids is 1. The Morgan fingerprint density at radius 2 is 1.64 bits per heavy atom. The van der Waals surface area contributed by atoms with Crippen molar-refractivity contribution >= 4 is 31.8 Å². The van der Waals surface area contributed by atoms with Crippen molar-refractivity contribution in [3.05, 3.63) is 89.0 Å². The summed E-state index contributed by atoms with van der Waals surface area (Å²) in [5.41, 5.74) is 5.08. The number of methoxy groups -OCH3 is 1. The van der Waals surface area contributed by atoms with Gasteiger partial charge in [0, 0.05) is 24.3 Å². The van der Waals surface area contributed by atoms with Crippen LogP contribution in [0.3, 0.4) is 0 Å². The van der Waals surface area contributed by atoms with Crippen LogP contribution in [0.25, 0.3) is 11.1 Å². The van der Waals surface area contributed by atoms with E-state index in [4.69, 9.17) is 18.5 Å². The fraction of sp³-hybridized carbons (Fsp3) is 0.290. The number of amides is 2. The molecular formula is C31H31N2O11P. The zero-order valence-corrected chi connectivity index (χ0v) is 25.0. The van der Waals surface area contributed by atoms with Crippen LogP contribution in [0.4, 0.5) is 4.79 Å². The summed E-state index contributed by atoms with van der Waals surface area (Å²) in [5, 5.41) is 14.2. The minimum atomic E-state index is -4.20. The first-order valence-corrected chi connectivity index (χ1v) is 15.5. The van der Waals surface area contributed by atoms with E-state index in [-0.39, 0.29) is 37.7 Å². The van der Waals surface area contributed by atoms with Crippen LogP contribution in [0.15, 0.2) is 66.7 Å². The lowest BCUT2D eigenvalue weighted by molar-refractivity contribution is -0.145. The zero-order chi connectivity index (χ0) is 32.1. The van der Waals surface area contributed by atoms with E-state index in [0.29, 0.717) is 11.1 Å². The van der Waals surface area contributed by atoms with E-state index in [1.165, 1.54) is 6.07 Å². The van der Waals surface area contributed by atoms with Crippen molar-refractivity contribution in [3.8, 4) is 16.9 Å². The van der Waals surface area contributed by atoms with Crippen molar-refractivity contribution < 1.29 is 52.3 Å². The van der Waals surface area contributed by atoms with Gasteiger partial charge in [-0.3, -0.25) is 19.0 Å². The Balaban J connectivity index is 1.26. The molecule has 3 aromatic carbocycles. The topological polar surface area (TPSA) is 187 Å². The minimum Gasteiger partial charge on any atom is -0.481 e. The van der Waals surface area contributed by atoms with Crippen LogP contribution in [0.2, 0.25) is 0 Å². The Kier molecular flexibility index (Phi) is 9.52. The Morgan fingerprint density at radius 1 is 0.978 bits per heavy atom. The molecule has 0 spiro atoms. The number of ether oxygens (including phenoxy) is 2. The smallest absolute Gasteiger partial charge is 0.481 e. The maximum Gasteiger partial charge on any atom is 0.527 e. The van der Waals surface area contributed by atoms with Gasteiger partial charge in [0.2, 0.25) is 5.91 Å². The molecule has 0 bridgehead atoms. The number of carbonyl (C=O) groups excluding carboxylic acids is 3. The Labute approximate surface area is 258 Å². The molecule has 14 heteroatoms. The molecule has 0 fully saturated rings. The number of carboxylic acids is 1. The third-order valence-electron chi connectivity index (χ3n) is 7.56. The Hall–Kier alpha value is -4.71. The van der Waals surface area contributed by atoms with Gasteiger partial charge in [-0.05, 0) is 46.4 Å². The van der Waals surface area contributed by atoms with Crippen LogP contribution in [0, 0.1) is 0 Å². The normalized spacial score (nSPS) is 17.8. The summed E-state index contributed by atoms with van der Waals surface area (Å²) in [7, 11) is -3.05. The second kappa shape index (κ2) is 13.5. The molecule has 0 saturated heterocycles. The lowest BCUT2D eigenvalue weighted by Gasteiger charge is -2.24. The summed E-state index contributed by atoms with van der Waals surface area (Å²) in [5.74, 6) is -2.86. The number of hydrogen-bond donors (Lipinski definition) is 4. The average molecular weight is 639 g/mol. The van der Waals surface area contributed by atoms with E-state index < -0.39 is 50.3 Å². The Morgan fingerprint density at radius 3 is 2.29 bits per heavy atom. The second-order valence-electron chi connectivity index (χ2n) is 10.5. The third kappa shape index (κ3) is 7.51. The maximum absolute atomic E-state index is 13.3. The SMILES string of the molecule is COC(=O)[C@H](Cc1ccc2c(c1)COP(=O)(O)O2)NC(=O)[C@H](CCC(=O)O)NC(=O)OCC1c2ccccc2-c2ccccc21. The number of hydrogen-bond acceptors (Lipinski definition) is 9. The van der Waals surface area contributed by atoms with Crippen LogP contribution in [0.5, 0.6) is 5.75 Å². The molecule has 2 amide bonds. The molecule has 2 aliphatic rings. The molecule has 5 rings (SSSR count). The highest BCUT2D eigenvalue weighted by molar-refractivity contribution is 7.47. The number of nitrogens with one attached hydrogen (secondary N) is 2. The third-order valence-corrected chi connectivity index (χ3v) is 8.45. The molecule has 0 saturated carbocycles. The molecule has 13 nitrogen and oxygen atoms in total. The molecular weight excluding hydrogens is 607 g/mol. The van der Waals surface area contributed by atoms with Gasteiger partial charge in [-0.15, -0.1) is 0 Å². The fourth-order valence-electron chi connectivity index (χ4n) is 5.43. The fourth-order valence-corrected chi connectivity index (χ4v) is 6.21. The lowest BCUT2D eigenvalue weighted by atomic mass is 9.98. The molecule has 1 aliphatic heterocycles. The van der Waals surface area contributed by atoms with E-state index >= 15 is 0 Å². The molecule has 1 unspecified atom stereocenters. The van der Waals surface area contributed by atoms with Gasteiger partial charge in [0.1, 0.15) is 24.4 Å². The number of phosphoric ester groups is 1. The number of esters is 1. The minimum absolute atomic E-state index is 0.0184. The van der Waals surface area contributed by atoms with Gasteiger partial charge in [-0.25, -0.2) is 14.2 Å². The van der Waals surface area contributed by atoms with E-state index in [1.807, 2.05) is 48.5 Å². The molecule has 45 heavy (non-hydrogen) atoms. The summed E-state index contributed by atoms with van der Waals surface area (Å²) < 4.78 is 31.8. The van der Waals surface area contributed by atoms with E-state index in [0.717, 1.165) is 29.4 Å². The van der Waals surface area contributed by atoms with Crippen LogP contribution in [-0.4, -0.2) is 59.7 Å². The molecule has 1 aliphatic carbocycles. The molecule has 0 radical (unpaired) electrons. The predicted molar refractivity (Wildman–Crippen MR) is 158 cm³/mol. The number of rotatable bonds is 11. The number of phosphoric acid groups is 1. The molecule has 1 heterocycles. The highest BCUT2D eigenvalue weighted by atomic mass is 31.2. The number of carboxylic acid groups (broad SMARTS) is 1. The number of benzene rings is 3. The average Bonchev–Trinajstić information content (AvgIpc) is 3.34. The van der Waals surface area contributed by atoms with Crippen LogP contribution in [0.1, 0.15) is 41.0 Å². The summed E-state index contributed by atoms with van der Waals surface area (Å²) in [6, 6.07) is 17.6. The van der Waals surface area contributed by atoms with Gasteiger partial charge in [-0.1, -0.05) is 54.6 Å². The summed E-state index contributed by atoms with van der Waals surface area (Å²) in [6.07, 6.45) is -1.69. The van der Waals surface area contributed by atoms with Crippen molar-refractivity contribution in [2.24, 2.45) is 0 Å². The van der Waals surface area contributed by atoms with Crippen molar-refractivity contribution in [2.45, 2.75) is 43.9 Å². The van der Waals surface area contributed by atoms with Crippen molar-refractivity contribution in [2.75, 3.05) is 13.7 Å². The standard InChI is InChI=1S/C31H31N2O11P/c1-41-30(37)26(15-18-10-12-27-19(14-18)16-43-45(39,40)44-27)32-29(36)25(11-13-28(34)35)33-31(38)42-17-24-22-8-4-2-6-20(22)21-7-3-5-9-23(21)24/h2-10,12,14,24-26H,11,13,15-17H2,1H3,(H,32,36)(H,33,38)(H,34,35)(H,39,40)/t25-,26-/m0/s1. The van der Waals surface area contributed by atoms with E-state index in [9.17, 15) is 33.7 Å². The monoisotopic (exact) mass is 638 g/mol. The van der Waals surface area contributed by atoms with Crippen molar-refractivity contribution in [3.63, 3.8) is 0 Å². The first-order valence-electron chi connectivity index (χ1n) is 14.0. The van der Waals surface area contributed by atoms with E-state index in [2.05, 4.69) is 10.6 Å². The molecule has 3 aromatic rings. The predicted octanol–water partition coefficient (Wildman–Crippen LogP) is 3.67. The zero-order valence-electron chi connectivity index (χ0n) is 24.1. The molecule has 236 valence electrons. The molecule has 3 atom stereocenters. The van der Waals surface area contributed by atoms with Crippen LogP contribution >= 0.6 is 7.82 Å². The van der Waals surface area contributed by atoms with E-state index in [1.54, 1.807) is 12.1 Å². The quantitative estimate of drug-likeness (QED) is 0.177. The van der Waals surface area contributed by atoms with Gasteiger partial charge in [0.15, 0.2) is 0 Å². The first-order chi connectivity index (χ1) is 21.5. The Bertz CT molecular complexity index is 1630. The summed E-state index contributed by atoms with van der Waals surface area (Å²) in [6.45, 7) is -0.219. The maximum atomic E-state index is 13.3. The first kappa shape index (κ1) is 31.7. The number of carbonyl (C=O) groups is 4. The van der Waals surface area contributed by atoms with Gasteiger partial charge in [-0.2, -0.15) is 0 Å². The van der Waals surface area contributed by atoms with Crippen LogP contribution < -0.4 is 15.2 Å². The van der Waals surface area contributed by atoms with Crippen molar-refractivity contribution in [1.29, 1.82) is 0 Å². The highest BCUT2D eigenvalue weighted by Gasteiger charge is 2.33. The molecule has 4 N–H and O–H groups in total. The summed E-state index contributed by atoms with van der Waals surface area (Å²) in [4.78, 5) is 59.7.